The van der Waals surface area contributed by atoms with Crippen molar-refractivity contribution in [1.29, 1.82) is 0 Å². The number of nitrogens with one attached hydrogen (secondary N) is 1. The van der Waals surface area contributed by atoms with Gasteiger partial charge in [-0.15, -0.1) is 0 Å². The molecule has 2 aliphatic heterocycles. The minimum absolute atomic E-state index is 0.205. The van der Waals surface area contributed by atoms with Crippen molar-refractivity contribution in [2.75, 3.05) is 26.2 Å². The zero-order chi connectivity index (χ0) is 11.6. The van der Waals surface area contributed by atoms with Gasteiger partial charge in [0.05, 0.1) is 0 Å². The maximum absolute atomic E-state index is 12.1. The largest absolute Gasteiger partial charge is 0.342 e. The molecule has 0 radical (unpaired) electrons. The maximum Gasteiger partial charge on any atom is 0.225 e. The van der Waals surface area contributed by atoms with E-state index in [0.29, 0.717) is 11.3 Å². The molecule has 1 unspecified atom stereocenters. The van der Waals surface area contributed by atoms with E-state index in [1.807, 2.05) is 0 Å². The number of likely N-dealkylation sites (tertiary alicyclic amines) is 1. The minimum atomic E-state index is 0.205. The van der Waals surface area contributed by atoms with Gasteiger partial charge in [0.15, 0.2) is 0 Å². The summed E-state index contributed by atoms with van der Waals surface area (Å²) >= 11 is 0. The van der Waals surface area contributed by atoms with E-state index in [4.69, 9.17) is 0 Å². The summed E-state index contributed by atoms with van der Waals surface area (Å²) in [4.78, 5) is 14.2. The molecule has 0 bridgehead atoms. The van der Waals surface area contributed by atoms with Crippen molar-refractivity contribution >= 4 is 5.91 Å². The standard InChI is InChI=1S/C13H24N2O/c1-3-11(2)12(16)15-9-6-13(10-15)4-7-14-8-5-13/h11,14H,3-10H2,1-2H3. The zero-order valence-corrected chi connectivity index (χ0v) is 10.6. The summed E-state index contributed by atoms with van der Waals surface area (Å²) in [6.45, 7) is 8.41. The number of rotatable bonds is 2. The van der Waals surface area contributed by atoms with Gasteiger partial charge in [0, 0.05) is 19.0 Å². The number of piperidine rings is 1. The molecule has 1 atom stereocenters. The van der Waals surface area contributed by atoms with E-state index in [1.54, 1.807) is 0 Å². The Morgan fingerprint density at radius 2 is 2.06 bits per heavy atom. The Kier molecular flexibility index (Phi) is 3.53. The van der Waals surface area contributed by atoms with Crippen molar-refractivity contribution in [2.24, 2.45) is 11.3 Å². The first-order chi connectivity index (χ1) is 7.67. The molecule has 92 valence electrons. The maximum atomic E-state index is 12.1. The number of nitrogens with zero attached hydrogens (tertiary/aromatic N) is 1. The fraction of sp³-hybridized carbons (Fsp3) is 0.923. The molecule has 1 spiro atoms. The molecule has 2 aliphatic rings. The lowest BCUT2D eigenvalue weighted by molar-refractivity contribution is -0.134. The van der Waals surface area contributed by atoms with Crippen molar-refractivity contribution < 1.29 is 4.79 Å². The first-order valence-corrected chi connectivity index (χ1v) is 6.66. The Morgan fingerprint density at radius 3 is 2.69 bits per heavy atom. The summed E-state index contributed by atoms with van der Waals surface area (Å²) in [5.74, 6) is 0.578. The van der Waals surface area contributed by atoms with Gasteiger partial charge in [-0.2, -0.15) is 0 Å². The lowest BCUT2D eigenvalue weighted by atomic mass is 9.78. The van der Waals surface area contributed by atoms with Gasteiger partial charge in [-0.25, -0.2) is 0 Å². The van der Waals surface area contributed by atoms with Crippen LogP contribution in [0.1, 0.15) is 39.5 Å². The topological polar surface area (TPSA) is 32.3 Å². The van der Waals surface area contributed by atoms with Crippen LogP contribution in [0, 0.1) is 11.3 Å². The van der Waals surface area contributed by atoms with Gasteiger partial charge in [0.1, 0.15) is 0 Å². The van der Waals surface area contributed by atoms with Crippen molar-refractivity contribution in [3.63, 3.8) is 0 Å². The Balaban J connectivity index is 1.94. The van der Waals surface area contributed by atoms with E-state index in [9.17, 15) is 4.79 Å². The van der Waals surface area contributed by atoms with Crippen LogP contribution in [-0.4, -0.2) is 37.0 Å². The monoisotopic (exact) mass is 224 g/mol. The smallest absolute Gasteiger partial charge is 0.225 e. The Bertz CT molecular complexity index is 259. The summed E-state index contributed by atoms with van der Waals surface area (Å²) in [7, 11) is 0. The van der Waals surface area contributed by atoms with Gasteiger partial charge < -0.3 is 10.2 Å². The summed E-state index contributed by atoms with van der Waals surface area (Å²) < 4.78 is 0. The summed E-state index contributed by atoms with van der Waals surface area (Å²) in [6, 6.07) is 0. The molecule has 1 amide bonds. The lowest BCUT2D eigenvalue weighted by Crippen LogP contribution is -2.40. The van der Waals surface area contributed by atoms with Crippen LogP contribution in [0.4, 0.5) is 0 Å². The van der Waals surface area contributed by atoms with Crippen molar-refractivity contribution in [1.82, 2.24) is 10.2 Å². The number of hydrogen-bond donors (Lipinski definition) is 1. The van der Waals surface area contributed by atoms with Gasteiger partial charge >= 0.3 is 0 Å². The SMILES string of the molecule is CCC(C)C(=O)N1CCC2(CCNCC2)C1. The molecular formula is C13H24N2O. The van der Waals surface area contributed by atoms with Crippen molar-refractivity contribution in [3.05, 3.63) is 0 Å². The highest BCUT2D eigenvalue weighted by Gasteiger charge is 2.40. The molecule has 0 aromatic heterocycles. The fourth-order valence-corrected chi connectivity index (χ4v) is 2.97. The molecule has 0 aromatic rings. The van der Waals surface area contributed by atoms with Crippen LogP contribution in [0.25, 0.3) is 0 Å². The summed E-state index contributed by atoms with van der Waals surface area (Å²) in [6.07, 6.45) is 4.68. The van der Waals surface area contributed by atoms with Gasteiger partial charge in [0.2, 0.25) is 5.91 Å². The zero-order valence-electron chi connectivity index (χ0n) is 10.6. The average Bonchev–Trinajstić information content (AvgIpc) is 2.72. The van der Waals surface area contributed by atoms with Crippen molar-refractivity contribution in [2.45, 2.75) is 39.5 Å². The summed E-state index contributed by atoms with van der Waals surface area (Å²) in [5.41, 5.74) is 0.453. The molecule has 1 N–H and O–H groups in total. The van der Waals surface area contributed by atoms with Gasteiger partial charge in [-0.05, 0) is 44.2 Å². The molecule has 0 saturated carbocycles. The quantitative estimate of drug-likeness (QED) is 0.773. The Labute approximate surface area is 98.6 Å². The predicted molar refractivity (Wildman–Crippen MR) is 65.2 cm³/mol. The first kappa shape index (κ1) is 11.9. The van der Waals surface area contributed by atoms with E-state index in [-0.39, 0.29) is 5.92 Å². The normalized spacial score (nSPS) is 26.0. The highest BCUT2D eigenvalue weighted by atomic mass is 16.2. The van der Waals surface area contributed by atoms with Gasteiger partial charge in [-0.3, -0.25) is 4.79 Å². The van der Waals surface area contributed by atoms with Crippen LogP contribution >= 0.6 is 0 Å². The predicted octanol–water partition coefficient (Wildman–Crippen LogP) is 1.63. The second kappa shape index (κ2) is 4.74. The molecule has 16 heavy (non-hydrogen) atoms. The van der Waals surface area contributed by atoms with Crippen LogP contribution in [-0.2, 0) is 4.79 Å². The van der Waals surface area contributed by atoms with E-state index in [0.717, 1.165) is 32.6 Å². The van der Waals surface area contributed by atoms with E-state index < -0.39 is 0 Å². The first-order valence-electron chi connectivity index (χ1n) is 6.66. The van der Waals surface area contributed by atoms with Crippen LogP contribution in [0.3, 0.4) is 0 Å². The molecule has 0 aliphatic carbocycles. The number of amides is 1. The minimum Gasteiger partial charge on any atom is -0.342 e. The van der Waals surface area contributed by atoms with Gasteiger partial charge in [0.25, 0.3) is 0 Å². The molecular weight excluding hydrogens is 200 g/mol. The average molecular weight is 224 g/mol. The van der Waals surface area contributed by atoms with Gasteiger partial charge in [-0.1, -0.05) is 13.8 Å². The summed E-state index contributed by atoms with van der Waals surface area (Å²) in [5, 5.41) is 3.41. The molecule has 0 aromatic carbocycles. The number of hydrogen-bond acceptors (Lipinski definition) is 2. The van der Waals surface area contributed by atoms with Crippen LogP contribution in [0.15, 0.2) is 0 Å². The second-order valence-electron chi connectivity index (χ2n) is 5.57. The third-order valence-corrected chi connectivity index (χ3v) is 4.45. The third kappa shape index (κ3) is 2.24. The second-order valence-corrected chi connectivity index (χ2v) is 5.57. The number of carbonyl (C=O) groups is 1. The highest BCUT2D eigenvalue weighted by molar-refractivity contribution is 5.78. The van der Waals surface area contributed by atoms with Crippen LogP contribution in [0.2, 0.25) is 0 Å². The molecule has 2 rings (SSSR count). The Morgan fingerprint density at radius 1 is 1.38 bits per heavy atom. The van der Waals surface area contributed by atoms with E-state index in [2.05, 4.69) is 24.1 Å². The third-order valence-electron chi connectivity index (χ3n) is 4.45. The highest BCUT2D eigenvalue weighted by Crippen LogP contribution is 2.39. The lowest BCUT2D eigenvalue weighted by Gasteiger charge is -2.34. The van der Waals surface area contributed by atoms with Crippen molar-refractivity contribution in [3.8, 4) is 0 Å². The fourth-order valence-electron chi connectivity index (χ4n) is 2.97. The van der Waals surface area contributed by atoms with E-state index >= 15 is 0 Å². The Hall–Kier alpha value is -0.570. The molecule has 2 saturated heterocycles. The molecule has 3 heteroatoms. The molecule has 2 fully saturated rings. The van der Waals surface area contributed by atoms with Crippen LogP contribution in [0.5, 0.6) is 0 Å². The van der Waals surface area contributed by atoms with E-state index in [1.165, 1.54) is 19.3 Å². The number of carbonyl (C=O) groups excluding carboxylic acids is 1. The molecule has 3 nitrogen and oxygen atoms in total. The van der Waals surface area contributed by atoms with Crippen LogP contribution < -0.4 is 5.32 Å². The molecule has 2 heterocycles.